The molecule has 1 aliphatic heterocycles. The highest BCUT2D eigenvalue weighted by Crippen LogP contribution is 2.32. The average Bonchev–Trinajstić information content (AvgIpc) is 3.00. The molecule has 0 unspecified atom stereocenters. The first-order valence-electron chi connectivity index (χ1n) is 5.94. The summed E-state index contributed by atoms with van der Waals surface area (Å²) in [6, 6.07) is 13.2. The molecule has 3 rings (SSSR count). The SMILES string of the molecule is Brc1ccc(-c2ccc(N3CCCC3)cc2)s1. The van der Waals surface area contributed by atoms with Gasteiger partial charge in [0, 0.05) is 23.7 Å². The van der Waals surface area contributed by atoms with Crippen molar-refractivity contribution in [3.05, 3.63) is 40.2 Å². The Hall–Kier alpha value is -0.800. The summed E-state index contributed by atoms with van der Waals surface area (Å²) in [5.74, 6) is 0. The smallest absolute Gasteiger partial charge is 0.0705 e. The van der Waals surface area contributed by atoms with Gasteiger partial charge in [-0.2, -0.15) is 0 Å². The van der Waals surface area contributed by atoms with Crippen LogP contribution < -0.4 is 4.90 Å². The lowest BCUT2D eigenvalue weighted by Crippen LogP contribution is -2.17. The summed E-state index contributed by atoms with van der Waals surface area (Å²) in [4.78, 5) is 3.79. The van der Waals surface area contributed by atoms with Crippen LogP contribution in [0.1, 0.15) is 12.8 Å². The van der Waals surface area contributed by atoms with Gasteiger partial charge in [0.15, 0.2) is 0 Å². The Kier molecular flexibility index (Phi) is 3.21. The van der Waals surface area contributed by atoms with E-state index in [4.69, 9.17) is 0 Å². The number of anilines is 1. The zero-order chi connectivity index (χ0) is 11.7. The summed E-state index contributed by atoms with van der Waals surface area (Å²) in [6.07, 6.45) is 2.67. The monoisotopic (exact) mass is 307 g/mol. The first-order valence-corrected chi connectivity index (χ1v) is 7.54. The van der Waals surface area contributed by atoms with Gasteiger partial charge in [0.05, 0.1) is 3.79 Å². The Morgan fingerprint density at radius 3 is 2.24 bits per heavy atom. The van der Waals surface area contributed by atoms with Gasteiger partial charge in [-0.05, 0) is 58.6 Å². The molecule has 3 heteroatoms. The van der Waals surface area contributed by atoms with Gasteiger partial charge in [-0.25, -0.2) is 0 Å². The van der Waals surface area contributed by atoms with Crippen LogP contribution in [0.2, 0.25) is 0 Å². The molecule has 0 bridgehead atoms. The molecule has 1 saturated heterocycles. The summed E-state index contributed by atoms with van der Waals surface area (Å²) in [5.41, 5.74) is 2.67. The van der Waals surface area contributed by atoms with Gasteiger partial charge in [0.2, 0.25) is 0 Å². The van der Waals surface area contributed by atoms with Crippen molar-refractivity contribution in [1.29, 1.82) is 0 Å². The van der Waals surface area contributed by atoms with Gasteiger partial charge in [-0.1, -0.05) is 12.1 Å². The Labute approximate surface area is 114 Å². The maximum atomic E-state index is 3.51. The van der Waals surface area contributed by atoms with E-state index in [2.05, 4.69) is 57.2 Å². The van der Waals surface area contributed by atoms with E-state index in [0.29, 0.717) is 0 Å². The highest BCUT2D eigenvalue weighted by Gasteiger charge is 2.12. The molecule has 17 heavy (non-hydrogen) atoms. The van der Waals surface area contributed by atoms with E-state index in [1.807, 2.05) is 0 Å². The standard InChI is InChI=1S/C14H14BrNS/c15-14-8-7-13(17-14)11-3-5-12(6-4-11)16-9-1-2-10-16/h3-8H,1-2,9-10H2. The molecular formula is C14H14BrNS. The van der Waals surface area contributed by atoms with Gasteiger partial charge in [0.1, 0.15) is 0 Å². The van der Waals surface area contributed by atoms with E-state index in [-0.39, 0.29) is 0 Å². The summed E-state index contributed by atoms with van der Waals surface area (Å²) < 4.78 is 1.19. The van der Waals surface area contributed by atoms with Crippen LogP contribution in [0.25, 0.3) is 10.4 Å². The molecule has 1 fully saturated rings. The molecule has 0 aliphatic carbocycles. The number of thiophene rings is 1. The summed E-state index contributed by atoms with van der Waals surface area (Å²) in [6.45, 7) is 2.42. The molecule has 0 atom stereocenters. The zero-order valence-electron chi connectivity index (χ0n) is 9.53. The fourth-order valence-corrected chi connectivity index (χ4v) is 3.67. The van der Waals surface area contributed by atoms with Crippen LogP contribution in [-0.2, 0) is 0 Å². The van der Waals surface area contributed by atoms with E-state index in [1.165, 1.54) is 45.8 Å². The number of rotatable bonds is 2. The van der Waals surface area contributed by atoms with Crippen molar-refractivity contribution in [1.82, 2.24) is 0 Å². The zero-order valence-corrected chi connectivity index (χ0v) is 11.9. The number of hydrogen-bond acceptors (Lipinski definition) is 2. The normalized spacial score (nSPS) is 15.5. The van der Waals surface area contributed by atoms with Crippen molar-refractivity contribution in [2.24, 2.45) is 0 Å². The maximum absolute atomic E-state index is 3.51. The second-order valence-corrected chi connectivity index (χ2v) is 6.81. The third kappa shape index (κ3) is 2.40. The van der Waals surface area contributed by atoms with Crippen LogP contribution in [-0.4, -0.2) is 13.1 Å². The average molecular weight is 308 g/mol. The molecule has 1 aromatic heterocycles. The van der Waals surface area contributed by atoms with Gasteiger partial charge in [0.25, 0.3) is 0 Å². The van der Waals surface area contributed by atoms with Gasteiger partial charge in [-0.3, -0.25) is 0 Å². The van der Waals surface area contributed by atoms with Crippen LogP contribution in [0.15, 0.2) is 40.2 Å². The van der Waals surface area contributed by atoms with Crippen LogP contribution in [0.5, 0.6) is 0 Å². The van der Waals surface area contributed by atoms with Crippen molar-refractivity contribution < 1.29 is 0 Å². The lowest BCUT2D eigenvalue weighted by atomic mass is 10.1. The third-order valence-corrected chi connectivity index (χ3v) is 4.87. The predicted octanol–water partition coefficient (Wildman–Crippen LogP) is 4.78. The van der Waals surface area contributed by atoms with Crippen LogP contribution >= 0.6 is 27.3 Å². The van der Waals surface area contributed by atoms with Gasteiger partial charge < -0.3 is 4.90 Å². The first-order chi connectivity index (χ1) is 8.33. The number of nitrogens with zero attached hydrogens (tertiary/aromatic N) is 1. The molecule has 88 valence electrons. The summed E-state index contributed by atoms with van der Waals surface area (Å²) >= 11 is 5.29. The second kappa shape index (κ2) is 4.83. The number of hydrogen-bond donors (Lipinski definition) is 0. The van der Waals surface area contributed by atoms with E-state index in [9.17, 15) is 0 Å². The third-order valence-electron chi connectivity index (χ3n) is 3.20. The van der Waals surface area contributed by atoms with E-state index < -0.39 is 0 Å². The van der Waals surface area contributed by atoms with Crippen molar-refractivity contribution in [2.75, 3.05) is 18.0 Å². The number of halogens is 1. The second-order valence-electron chi connectivity index (χ2n) is 4.34. The van der Waals surface area contributed by atoms with Crippen molar-refractivity contribution in [3.8, 4) is 10.4 Å². The minimum absolute atomic E-state index is 1.19. The molecule has 1 aromatic carbocycles. The van der Waals surface area contributed by atoms with Crippen LogP contribution in [0, 0.1) is 0 Å². The van der Waals surface area contributed by atoms with Gasteiger partial charge >= 0.3 is 0 Å². The lowest BCUT2D eigenvalue weighted by molar-refractivity contribution is 0.949. The van der Waals surface area contributed by atoms with Crippen molar-refractivity contribution in [2.45, 2.75) is 12.8 Å². The predicted molar refractivity (Wildman–Crippen MR) is 78.9 cm³/mol. The molecule has 1 nitrogen and oxygen atoms in total. The maximum Gasteiger partial charge on any atom is 0.0705 e. The van der Waals surface area contributed by atoms with E-state index in [1.54, 1.807) is 11.3 Å². The lowest BCUT2D eigenvalue weighted by Gasteiger charge is -2.17. The summed E-state index contributed by atoms with van der Waals surface area (Å²) in [7, 11) is 0. The Bertz CT molecular complexity index is 497. The van der Waals surface area contributed by atoms with E-state index in [0.717, 1.165) is 0 Å². The number of benzene rings is 1. The van der Waals surface area contributed by atoms with E-state index >= 15 is 0 Å². The van der Waals surface area contributed by atoms with Crippen LogP contribution in [0.4, 0.5) is 5.69 Å². The molecule has 0 amide bonds. The molecule has 0 spiro atoms. The summed E-state index contributed by atoms with van der Waals surface area (Å²) in [5, 5.41) is 0. The highest BCUT2D eigenvalue weighted by molar-refractivity contribution is 9.11. The Morgan fingerprint density at radius 1 is 0.941 bits per heavy atom. The quantitative estimate of drug-likeness (QED) is 0.772. The Balaban J connectivity index is 1.84. The fraction of sp³-hybridized carbons (Fsp3) is 0.286. The molecular weight excluding hydrogens is 294 g/mol. The largest absolute Gasteiger partial charge is 0.372 e. The fourth-order valence-electron chi connectivity index (χ4n) is 2.28. The van der Waals surface area contributed by atoms with Crippen LogP contribution in [0.3, 0.4) is 0 Å². The van der Waals surface area contributed by atoms with Crippen molar-refractivity contribution >= 4 is 33.0 Å². The molecule has 0 radical (unpaired) electrons. The molecule has 2 heterocycles. The molecule has 2 aromatic rings. The van der Waals surface area contributed by atoms with Crippen molar-refractivity contribution in [3.63, 3.8) is 0 Å². The topological polar surface area (TPSA) is 3.24 Å². The first kappa shape index (κ1) is 11.3. The highest BCUT2D eigenvalue weighted by atomic mass is 79.9. The molecule has 0 N–H and O–H groups in total. The minimum atomic E-state index is 1.19. The Morgan fingerprint density at radius 2 is 1.65 bits per heavy atom. The minimum Gasteiger partial charge on any atom is -0.372 e. The molecule has 0 saturated carbocycles. The molecule has 1 aliphatic rings. The van der Waals surface area contributed by atoms with Gasteiger partial charge in [-0.15, -0.1) is 11.3 Å².